The van der Waals surface area contributed by atoms with Crippen molar-refractivity contribution in [1.82, 2.24) is 9.55 Å². The molecule has 23 heavy (non-hydrogen) atoms. The number of benzene rings is 2. The van der Waals surface area contributed by atoms with Gasteiger partial charge in [-0.2, -0.15) is 0 Å². The average Bonchev–Trinajstić information content (AvgIpc) is 2.85. The molecule has 0 atom stereocenters. The molecule has 0 saturated heterocycles. The van der Waals surface area contributed by atoms with Crippen molar-refractivity contribution in [3.05, 3.63) is 52.6 Å². The number of unbranched alkanes of at least 4 members (excludes halogenated alkanes) is 1. The molecule has 2 heterocycles. The van der Waals surface area contributed by atoms with E-state index in [4.69, 9.17) is 4.98 Å². The molecule has 0 amide bonds. The van der Waals surface area contributed by atoms with Gasteiger partial charge in [0.25, 0.3) is 0 Å². The summed E-state index contributed by atoms with van der Waals surface area (Å²) in [5.41, 5.74) is 4.76. The summed E-state index contributed by atoms with van der Waals surface area (Å²) in [5, 5.41) is 3.87. The van der Waals surface area contributed by atoms with Gasteiger partial charge in [0.1, 0.15) is 0 Å². The lowest BCUT2D eigenvalue weighted by molar-refractivity contribution is 0.665. The van der Waals surface area contributed by atoms with Gasteiger partial charge in [-0.3, -0.25) is 4.98 Å². The van der Waals surface area contributed by atoms with Crippen LogP contribution in [0.1, 0.15) is 25.5 Å². The standard InChI is InChI=1S/C20H19BrN2/c1-3-4-11-23-18-9-6-14(21)12-16(18)20-15-7-5-13(2)22-17(15)8-10-19(20)23/h5-10,12H,3-4,11H2,1-2H3. The van der Waals surface area contributed by atoms with E-state index in [1.807, 2.05) is 6.92 Å². The lowest BCUT2D eigenvalue weighted by atomic mass is 10.1. The molecule has 0 N–H and O–H groups in total. The van der Waals surface area contributed by atoms with Crippen molar-refractivity contribution in [3.63, 3.8) is 0 Å². The summed E-state index contributed by atoms with van der Waals surface area (Å²) >= 11 is 3.63. The molecule has 0 radical (unpaired) electrons. The molecule has 0 bridgehead atoms. The molecule has 3 heteroatoms. The van der Waals surface area contributed by atoms with Gasteiger partial charge < -0.3 is 4.57 Å². The quantitative estimate of drug-likeness (QED) is 0.421. The summed E-state index contributed by atoms with van der Waals surface area (Å²) in [6, 6.07) is 15.3. The first kappa shape index (κ1) is 14.7. The predicted octanol–water partition coefficient (Wildman–Crippen LogP) is 6.21. The molecule has 2 nitrogen and oxygen atoms in total. The zero-order valence-corrected chi connectivity index (χ0v) is 15.0. The van der Waals surface area contributed by atoms with E-state index >= 15 is 0 Å². The fraction of sp³-hybridized carbons (Fsp3) is 0.250. The molecule has 0 saturated carbocycles. The smallest absolute Gasteiger partial charge is 0.0712 e. The predicted molar refractivity (Wildman–Crippen MR) is 102 cm³/mol. The van der Waals surface area contributed by atoms with E-state index in [-0.39, 0.29) is 0 Å². The highest BCUT2D eigenvalue weighted by Gasteiger charge is 2.14. The number of rotatable bonds is 3. The van der Waals surface area contributed by atoms with Crippen LogP contribution in [0, 0.1) is 6.92 Å². The normalized spacial score (nSPS) is 11.8. The van der Waals surface area contributed by atoms with Crippen LogP contribution in [-0.4, -0.2) is 9.55 Å². The van der Waals surface area contributed by atoms with Crippen LogP contribution in [0.3, 0.4) is 0 Å². The largest absolute Gasteiger partial charge is 0.340 e. The van der Waals surface area contributed by atoms with E-state index in [1.54, 1.807) is 0 Å². The maximum atomic E-state index is 4.71. The van der Waals surface area contributed by atoms with Gasteiger partial charge in [0.15, 0.2) is 0 Å². The number of fused-ring (bicyclic) bond motifs is 5. The minimum atomic E-state index is 1.06. The van der Waals surface area contributed by atoms with Crippen LogP contribution in [-0.2, 0) is 6.54 Å². The van der Waals surface area contributed by atoms with Gasteiger partial charge in [0.05, 0.1) is 5.52 Å². The van der Waals surface area contributed by atoms with Gasteiger partial charge in [-0.15, -0.1) is 0 Å². The number of hydrogen-bond acceptors (Lipinski definition) is 1. The third-order valence-electron chi connectivity index (χ3n) is 4.53. The Kier molecular flexibility index (Phi) is 3.61. The highest BCUT2D eigenvalue weighted by Crippen LogP contribution is 2.36. The summed E-state index contributed by atoms with van der Waals surface area (Å²) in [6.45, 7) is 5.35. The Balaban J connectivity index is 2.17. The first-order valence-electron chi connectivity index (χ1n) is 8.17. The Labute approximate surface area is 144 Å². The second-order valence-electron chi connectivity index (χ2n) is 6.15. The Morgan fingerprint density at radius 2 is 1.83 bits per heavy atom. The minimum Gasteiger partial charge on any atom is -0.340 e. The molecule has 0 fully saturated rings. The molecule has 0 unspecified atom stereocenters. The second-order valence-corrected chi connectivity index (χ2v) is 7.06. The topological polar surface area (TPSA) is 17.8 Å². The van der Waals surface area contributed by atoms with Crippen molar-refractivity contribution in [3.8, 4) is 0 Å². The SMILES string of the molecule is CCCCn1c2ccc(Br)cc2c2c3ccc(C)nc3ccc21. The number of halogens is 1. The third kappa shape index (κ3) is 2.34. The van der Waals surface area contributed by atoms with Crippen molar-refractivity contribution in [2.24, 2.45) is 0 Å². The highest BCUT2D eigenvalue weighted by molar-refractivity contribution is 9.10. The second kappa shape index (κ2) is 5.64. The van der Waals surface area contributed by atoms with Crippen LogP contribution in [0.5, 0.6) is 0 Å². The van der Waals surface area contributed by atoms with E-state index in [1.165, 1.54) is 40.0 Å². The van der Waals surface area contributed by atoms with E-state index in [0.29, 0.717) is 0 Å². The number of aromatic nitrogens is 2. The number of aryl methyl sites for hydroxylation is 2. The molecular formula is C20H19BrN2. The van der Waals surface area contributed by atoms with E-state index in [9.17, 15) is 0 Å². The van der Waals surface area contributed by atoms with Crippen molar-refractivity contribution >= 4 is 48.6 Å². The highest BCUT2D eigenvalue weighted by atomic mass is 79.9. The Hall–Kier alpha value is -1.87. The molecule has 0 spiro atoms. The molecule has 0 aliphatic rings. The Bertz CT molecular complexity index is 1030. The summed E-state index contributed by atoms with van der Waals surface area (Å²) in [5.74, 6) is 0. The van der Waals surface area contributed by atoms with Crippen LogP contribution in [0.2, 0.25) is 0 Å². The maximum absolute atomic E-state index is 4.71. The van der Waals surface area contributed by atoms with E-state index < -0.39 is 0 Å². The van der Waals surface area contributed by atoms with Crippen LogP contribution >= 0.6 is 15.9 Å². The van der Waals surface area contributed by atoms with Crippen molar-refractivity contribution in [1.29, 1.82) is 0 Å². The van der Waals surface area contributed by atoms with Crippen molar-refractivity contribution < 1.29 is 0 Å². The average molecular weight is 367 g/mol. The number of nitrogens with zero attached hydrogens (tertiary/aromatic N) is 2. The monoisotopic (exact) mass is 366 g/mol. The molecule has 0 aliphatic carbocycles. The van der Waals surface area contributed by atoms with E-state index in [2.05, 4.69) is 69.9 Å². The van der Waals surface area contributed by atoms with Gasteiger partial charge in [-0.05, 0) is 49.7 Å². The van der Waals surface area contributed by atoms with Gasteiger partial charge in [-0.1, -0.05) is 35.3 Å². The van der Waals surface area contributed by atoms with Gasteiger partial charge in [-0.25, -0.2) is 0 Å². The number of pyridine rings is 1. The summed E-state index contributed by atoms with van der Waals surface area (Å²) in [6.07, 6.45) is 2.39. The number of hydrogen-bond donors (Lipinski definition) is 0. The van der Waals surface area contributed by atoms with Crippen LogP contribution in [0.25, 0.3) is 32.7 Å². The van der Waals surface area contributed by atoms with Crippen LogP contribution in [0.15, 0.2) is 46.9 Å². The van der Waals surface area contributed by atoms with Gasteiger partial charge >= 0.3 is 0 Å². The summed E-state index contributed by atoms with van der Waals surface area (Å²) in [4.78, 5) is 4.71. The maximum Gasteiger partial charge on any atom is 0.0712 e. The minimum absolute atomic E-state index is 1.06. The third-order valence-corrected chi connectivity index (χ3v) is 5.03. The molecule has 4 aromatic rings. The molecular weight excluding hydrogens is 348 g/mol. The fourth-order valence-corrected chi connectivity index (χ4v) is 3.79. The molecule has 116 valence electrons. The summed E-state index contributed by atoms with van der Waals surface area (Å²) in [7, 11) is 0. The molecule has 4 rings (SSSR count). The van der Waals surface area contributed by atoms with Crippen LogP contribution in [0.4, 0.5) is 0 Å². The van der Waals surface area contributed by atoms with Crippen molar-refractivity contribution in [2.45, 2.75) is 33.2 Å². The lowest BCUT2D eigenvalue weighted by Crippen LogP contribution is -1.97. The summed E-state index contributed by atoms with van der Waals surface area (Å²) < 4.78 is 3.58. The zero-order valence-electron chi connectivity index (χ0n) is 13.4. The van der Waals surface area contributed by atoms with Gasteiger partial charge in [0.2, 0.25) is 0 Å². The zero-order chi connectivity index (χ0) is 16.0. The molecule has 0 aliphatic heterocycles. The fourth-order valence-electron chi connectivity index (χ4n) is 3.43. The van der Waals surface area contributed by atoms with Gasteiger partial charge in [0, 0.05) is 43.9 Å². The Morgan fingerprint density at radius 1 is 1.00 bits per heavy atom. The first-order chi connectivity index (χ1) is 11.2. The Morgan fingerprint density at radius 3 is 2.65 bits per heavy atom. The molecule has 2 aromatic carbocycles. The van der Waals surface area contributed by atoms with Crippen LogP contribution < -0.4 is 0 Å². The lowest BCUT2D eigenvalue weighted by Gasteiger charge is -2.07. The molecule has 2 aromatic heterocycles. The first-order valence-corrected chi connectivity index (χ1v) is 8.96. The van der Waals surface area contributed by atoms with Crippen molar-refractivity contribution in [2.75, 3.05) is 0 Å². The van der Waals surface area contributed by atoms with E-state index in [0.717, 1.165) is 22.2 Å².